The lowest BCUT2D eigenvalue weighted by atomic mass is 10.1. The van der Waals surface area contributed by atoms with E-state index in [1.807, 2.05) is 49.0 Å². The molecular formula is C17H25N3O3. The number of anilines is 1. The molecule has 0 saturated carbocycles. The first-order chi connectivity index (χ1) is 11.0. The first kappa shape index (κ1) is 17.5. The maximum Gasteiger partial charge on any atom is 0.194 e. The molecule has 0 aliphatic rings. The van der Waals surface area contributed by atoms with Crippen molar-refractivity contribution in [1.29, 1.82) is 0 Å². The van der Waals surface area contributed by atoms with Gasteiger partial charge >= 0.3 is 0 Å². The van der Waals surface area contributed by atoms with Crippen molar-refractivity contribution in [3.05, 3.63) is 39.7 Å². The molecule has 1 heterocycles. The van der Waals surface area contributed by atoms with Crippen molar-refractivity contribution in [3.8, 4) is 0 Å². The van der Waals surface area contributed by atoms with Crippen LogP contribution >= 0.6 is 0 Å². The average Bonchev–Trinajstić information content (AvgIpc) is 2.51. The molecule has 0 aliphatic heterocycles. The van der Waals surface area contributed by atoms with Gasteiger partial charge in [-0.25, -0.2) is 0 Å². The predicted molar refractivity (Wildman–Crippen MR) is 93.1 cm³/mol. The minimum atomic E-state index is -0.00465. The van der Waals surface area contributed by atoms with Gasteiger partial charge in [-0.15, -0.1) is 0 Å². The third kappa shape index (κ3) is 3.90. The molecule has 0 fully saturated rings. The Labute approximate surface area is 136 Å². The quantitative estimate of drug-likeness (QED) is 0.700. The van der Waals surface area contributed by atoms with Gasteiger partial charge in [0.2, 0.25) is 0 Å². The smallest absolute Gasteiger partial charge is 0.194 e. The van der Waals surface area contributed by atoms with Crippen molar-refractivity contribution in [2.75, 3.05) is 45.3 Å². The van der Waals surface area contributed by atoms with Crippen LogP contribution in [0.3, 0.4) is 0 Å². The maximum atomic E-state index is 12.9. The van der Waals surface area contributed by atoms with E-state index in [1.54, 1.807) is 0 Å². The number of aliphatic hydroxyl groups is 2. The minimum Gasteiger partial charge on any atom is -0.395 e. The van der Waals surface area contributed by atoms with Crippen LogP contribution in [0.15, 0.2) is 23.0 Å². The van der Waals surface area contributed by atoms with Gasteiger partial charge in [-0.1, -0.05) is 0 Å². The molecule has 1 aromatic carbocycles. The summed E-state index contributed by atoms with van der Waals surface area (Å²) < 4.78 is 0. The third-order valence-corrected chi connectivity index (χ3v) is 4.03. The number of fused-ring (bicyclic) bond motifs is 1. The summed E-state index contributed by atoms with van der Waals surface area (Å²) in [6.07, 6.45) is 0. The monoisotopic (exact) mass is 319 g/mol. The van der Waals surface area contributed by atoms with Gasteiger partial charge < -0.3 is 20.1 Å². The van der Waals surface area contributed by atoms with Crippen molar-refractivity contribution in [2.24, 2.45) is 0 Å². The van der Waals surface area contributed by atoms with Crippen LogP contribution in [0.4, 0.5) is 5.69 Å². The molecule has 126 valence electrons. The van der Waals surface area contributed by atoms with Crippen molar-refractivity contribution in [3.63, 3.8) is 0 Å². The number of aromatic nitrogens is 1. The van der Waals surface area contributed by atoms with Gasteiger partial charge in [-0.2, -0.15) is 0 Å². The summed E-state index contributed by atoms with van der Waals surface area (Å²) in [5, 5.41) is 18.9. The molecule has 6 nitrogen and oxygen atoms in total. The molecule has 0 saturated heterocycles. The van der Waals surface area contributed by atoms with Crippen molar-refractivity contribution in [1.82, 2.24) is 9.88 Å². The fourth-order valence-electron chi connectivity index (χ4n) is 2.68. The predicted octanol–water partition coefficient (Wildman–Crippen LogP) is 0.689. The van der Waals surface area contributed by atoms with Crippen LogP contribution in [-0.4, -0.2) is 60.5 Å². The number of aromatic amines is 1. The molecule has 1 aromatic heterocycles. The molecule has 23 heavy (non-hydrogen) atoms. The first-order valence-corrected chi connectivity index (χ1v) is 7.74. The van der Waals surface area contributed by atoms with Crippen LogP contribution < -0.4 is 10.3 Å². The Morgan fingerprint density at radius 3 is 2.35 bits per heavy atom. The summed E-state index contributed by atoms with van der Waals surface area (Å²) in [7, 11) is 3.88. The number of H-pyrrole nitrogens is 1. The molecule has 0 radical (unpaired) electrons. The molecule has 3 N–H and O–H groups in total. The molecule has 2 aromatic rings. The fraction of sp³-hybridized carbons (Fsp3) is 0.471. The van der Waals surface area contributed by atoms with Gasteiger partial charge in [0.15, 0.2) is 5.43 Å². The summed E-state index contributed by atoms with van der Waals surface area (Å²) in [6.45, 7) is 3.13. The standard InChI is InChI=1S/C17H25N3O3/c1-12-15(11-20(6-8-21)7-9-22)17(23)14-10-13(19(2)3)4-5-16(14)18-12/h4-5,10,21-22H,6-9,11H2,1-3H3,(H,18,23). The van der Waals surface area contributed by atoms with Crippen LogP contribution in [0.1, 0.15) is 11.3 Å². The molecule has 2 rings (SSSR count). The highest BCUT2D eigenvalue weighted by Crippen LogP contribution is 2.19. The van der Waals surface area contributed by atoms with Gasteiger partial charge in [0, 0.05) is 61.6 Å². The number of rotatable bonds is 7. The second kappa shape index (κ2) is 7.59. The van der Waals surface area contributed by atoms with Crippen molar-refractivity contribution in [2.45, 2.75) is 13.5 Å². The van der Waals surface area contributed by atoms with Crippen LogP contribution in [0.5, 0.6) is 0 Å². The number of aryl methyl sites for hydroxylation is 1. The van der Waals surface area contributed by atoms with Gasteiger partial charge in [-0.05, 0) is 25.1 Å². The summed E-state index contributed by atoms with van der Waals surface area (Å²) >= 11 is 0. The maximum absolute atomic E-state index is 12.9. The lowest BCUT2D eigenvalue weighted by Crippen LogP contribution is -2.32. The van der Waals surface area contributed by atoms with Crippen molar-refractivity contribution < 1.29 is 10.2 Å². The Balaban J connectivity index is 2.48. The highest BCUT2D eigenvalue weighted by molar-refractivity contribution is 5.83. The van der Waals surface area contributed by atoms with E-state index in [0.29, 0.717) is 30.6 Å². The van der Waals surface area contributed by atoms with Crippen LogP contribution in [0.2, 0.25) is 0 Å². The van der Waals surface area contributed by atoms with Gasteiger partial charge in [0.25, 0.3) is 0 Å². The zero-order valence-corrected chi connectivity index (χ0v) is 14.0. The highest BCUT2D eigenvalue weighted by atomic mass is 16.3. The highest BCUT2D eigenvalue weighted by Gasteiger charge is 2.14. The van der Waals surface area contributed by atoms with E-state index in [-0.39, 0.29) is 18.6 Å². The summed E-state index contributed by atoms with van der Waals surface area (Å²) in [5.41, 5.74) is 3.29. The van der Waals surface area contributed by atoms with E-state index in [2.05, 4.69) is 4.98 Å². The van der Waals surface area contributed by atoms with Gasteiger partial charge in [0.05, 0.1) is 13.2 Å². The topological polar surface area (TPSA) is 79.8 Å². The van der Waals surface area contributed by atoms with Crippen LogP contribution in [-0.2, 0) is 6.54 Å². The molecule has 0 aliphatic carbocycles. The zero-order chi connectivity index (χ0) is 17.0. The summed E-state index contributed by atoms with van der Waals surface area (Å²) in [4.78, 5) is 20.0. The van der Waals surface area contributed by atoms with E-state index in [4.69, 9.17) is 10.2 Å². The third-order valence-electron chi connectivity index (χ3n) is 4.03. The van der Waals surface area contributed by atoms with Crippen LogP contribution in [0, 0.1) is 6.92 Å². The SMILES string of the molecule is Cc1[nH]c2ccc(N(C)C)cc2c(=O)c1CN(CCO)CCO. The Morgan fingerprint density at radius 2 is 1.78 bits per heavy atom. The minimum absolute atomic E-state index is 0.000768. The van der Waals surface area contributed by atoms with E-state index in [0.717, 1.165) is 16.9 Å². The Hall–Kier alpha value is -1.89. The van der Waals surface area contributed by atoms with E-state index < -0.39 is 0 Å². The second-order valence-electron chi connectivity index (χ2n) is 5.91. The zero-order valence-electron chi connectivity index (χ0n) is 14.0. The largest absolute Gasteiger partial charge is 0.395 e. The van der Waals surface area contributed by atoms with Crippen LogP contribution in [0.25, 0.3) is 10.9 Å². The first-order valence-electron chi connectivity index (χ1n) is 7.74. The Kier molecular flexibility index (Phi) is 5.76. The number of hydrogen-bond acceptors (Lipinski definition) is 5. The number of pyridine rings is 1. The molecule has 0 bridgehead atoms. The van der Waals surface area contributed by atoms with E-state index in [1.165, 1.54) is 0 Å². The second-order valence-corrected chi connectivity index (χ2v) is 5.91. The molecule has 6 heteroatoms. The number of nitrogens with one attached hydrogen (secondary N) is 1. The van der Waals surface area contributed by atoms with Gasteiger partial charge in [-0.3, -0.25) is 9.69 Å². The molecular weight excluding hydrogens is 294 g/mol. The van der Waals surface area contributed by atoms with E-state index >= 15 is 0 Å². The number of nitrogens with zero attached hydrogens (tertiary/aromatic N) is 2. The molecule has 0 atom stereocenters. The van der Waals surface area contributed by atoms with E-state index in [9.17, 15) is 4.79 Å². The summed E-state index contributed by atoms with van der Waals surface area (Å²) in [5.74, 6) is 0. The molecule has 0 spiro atoms. The Morgan fingerprint density at radius 1 is 1.13 bits per heavy atom. The van der Waals surface area contributed by atoms with Gasteiger partial charge in [0.1, 0.15) is 0 Å². The lowest BCUT2D eigenvalue weighted by Gasteiger charge is -2.21. The molecule has 0 unspecified atom stereocenters. The average molecular weight is 319 g/mol. The summed E-state index contributed by atoms with van der Waals surface area (Å²) in [6, 6.07) is 5.78. The van der Waals surface area contributed by atoms with Crippen molar-refractivity contribution >= 4 is 16.6 Å². The molecule has 0 amide bonds. The Bertz CT molecular complexity index is 719. The lowest BCUT2D eigenvalue weighted by molar-refractivity contribution is 0.155. The number of benzene rings is 1. The number of hydrogen-bond donors (Lipinski definition) is 3. The fourth-order valence-corrected chi connectivity index (χ4v) is 2.68. The normalized spacial score (nSPS) is 11.4. The number of aliphatic hydroxyl groups excluding tert-OH is 2.